The van der Waals surface area contributed by atoms with Gasteiger partial charge in [0.05, 0.1) is 0 Å². The minimum atomic E-state index is 0.258. The van der Waals surface area contributed by atoms with Crippen LogP contribution in [0.4, 0.5) is 0 Å². The summed E-state index contributed by atoms with van der Waals surface area (Å²) < 4.78 is 0. The lowest BCUT2D eigenvalue weighted by atomic mass is 10.1. The van der Waals surface area contributed by atoms with Crippen LogP contribution in [0.25, 0.3) is 5.70 Å². The minimum Gasteiger partial charge on any atom is -0.507 e. The number of hydrogen-bond donors (Lipinski definition) is 2. The van der Waals surface area contributed by atoms with Gasteiger partial charge in [-0.3, -0.25) is 0 Å². The van der Waals surface area contributed by atoms with E-state index in [-0.39, 0.29) is 5.75 Å². The lowest BCUT2D eigenvalue weighted by Gasteiger charge is -2.10. The molecule has 0 heterocycles. The second-order valence-electron chi connectivity index (χ2n) is 4.65. The van der Waals surface area contributed by atoms with E-state index in [1.165, 1.54) is 6.42 Å². The Morgan fingerprint density at radius 2 is 1.84 bits per heavy atom. The van der Waals surface area contributed by atoms with Gasteiger partial charge < -0.3 is 15.2 Å². The van der Waals surface area contributed by atoms with Crippen molar-refractivity contribution in [3.8, 4) is 5.75 Å². The molecule has 0 fully saturated rings. The average molecular weight is 261 g/mol. The van der Waals surface area contributed by atoms with Crippen LogP contribution in [0.1, 0.15) is 44.1 Å². The molecule has 0 aliphatic carbocycles. The second kappa shape index (κ2) is 9.20. The number of nitrogens with one attached hydrogen (secondary N) is 1. The third kappa shape index (κ3) is 6.09. The molecule has 0 aliphatic rings. The van der Waals surface area contributed by atoms with Crippen LogP contribution in [0, 0.1) is 0 Å². The molecular weight excluding hydrogens is 238 g/mol. The number of unbranched alkanes of at least 4 members (excludes halogenated alkanes) is 5. The number of benzene rings is 1. The fourth-order valence-corrected chi connectivity index (χ4v) is 1.95. The lowest BCUT2D eigenvalue weighted by Crippen LogP contribution is -2.12. The number of hydrogen-bond acceptors (Lipinski definition) is 3. The molecule has 0 spiro atoms. The highest BCUT2D eigenvalue weighted by Crippen LogP contribution is 2.21. The molecule has 3 heteroatoms. The summed E-state index contributed by atoms with van der Waals surface area (Å²) in [6, 6.07) is 7.19. The fourth-order valence-electron chi connectivity index (χ4n) is 1.95. The van der Waals surface area contributed by atoms with E-state index in [4.69, 9.17) is 0 Å². The number of aldehydes is 1. The zero-order chi connectivity index (χ0) is 13.9. The summed E-state index contributed by atoms with van der Waals surface area (Å²) in [6.07, 6.45) is 7.19. The van der Waals surface area contributed by atoms with Crippen molar-refractivity contribution >= 4 is 12.0 Å². The van der Waals surface area contributed by atoms with Crippen molar-refractivity contribution in [2.75, 3.05) is 6.54 Å². The summed E-state index contributed by atoms with van der Waals surface area (Å²) in [5, 5.41) is 12.9. The van der Waals surface area contributed by atoms with Gasteiger partial charge in [-0.05, 0) is 25.0 Å². The summed E-state index contributed by atoms with van der Waals surface area (Å²) in [5.74, 6) is 0.258. The Balaban J connectivity index is 2.11. The minimum absolute atomic E-state index is 0.258. The van der Waals surface area contributed by atoms with Gasteiger partial charge in [-0.25, -0.2) is 0 Å². The number of carbonyl (C=O) groups is 1. The Bertz CT molecular complexity index is 401. The highest BCUT2D eigenvalue weighted by molar-refractivity contribution is 5.66. The van der Waals surface area contributed by atoms with Gasteiger partial charge in [-0.1, -0.05) is 38.0 Å². The summed E-state index contributed by atoms with van der Waals surface area (Å²) in [4.78, 5) is 10.1. The van der Waals surface area contributed by atoms with Gasteiger partial charge in [0.15, 0.2) is 0 Å². The molecule has 104 valence electrons. The van der Waals surface area contributed by atoms with Gasteiger partial charge in [0.2, 0.25) is 0 Å². The fraction of sp³-hybridized carbons (Fsp3) is 0.438. The monoisotopic (exact) mass is 261 g/mol. The zero-order valence-corrected chi connectivity index (χ0v) is 11.4. The number of aromatic hydroxyl groups is 1. The van der Waals surface area contributed by atoms with Crippen molar-refractivity contribution in [2.24, 2.45) is 0 Å². The predicted octanol–water partition coefficient (Wildman–Crippen LogP) is 3.49. The Hall–Kier alpha value is -1.77. The first kappa shape index (κ1) is 15.3. The lowest BCUT2D eigenvalue weighted by molar-refractivity contribution is -0.107. The van der Waals surface area contributed by atoms with Gasteiger partial charge in [0.1, 0.15) is 12.0 Å². The van der Waals surface area contributed by atoms with Gasteiger partial charge in [0.25, 0.3) is 0 Å². The maximum atomic E-state index is 10.1. The molecule has 1 rings (SSSR count). The summed E-state index contributed by atoms with van der Waals surface area (Å²) in [5.41, 5.74) is 1.52. The van der Waals surface area contributed by atoms with Gasteiger partial charge in [0, 0.05) is 24.2 Å². The van der Waals surface area contributed by atoms with E-state index in [0.717, 1.165) is 49.8 Å². The summed E-state index contributed by atoms with van der Waals surface area (Å²) in [6.45, 7) is 4.80. The molecule has 0 aliphatic heterocycles. The first-order chi connectivity index (χ1) is 9.25. The molecule has 0 amide bonds. The van der Waals surface area contributed by atoms with Crippen molar-refractivity contribution in [3.05, 3.63) is 36.4 Å². The molecule has 0 atom stereocenters. The summed E-state index contributed by atoms with van der Waals surface area (Å²) in [7, 11) is 0. The Labute approximate surface area is 115 Å². The van der Waals surface area contributed by atoms with E-state index in [0.29, 0.717) is 6.42 Å². The predicted molar refractivity (Wildman–Crippen MR) is 78.9 cm³/mol. The highest BCUT2D eigenvalue weighted by Gasteiger charge is 2.02. The number of rotatable bonds is 10. The van der Waals surface area contributed by atoms with Crippen molar-refractivity contribution in [2.45, 2.75) is 38.5 Å². The van der Waals surface area contributed by atoms with Crippen LogP contribution in [0.5, 0.6) is 5.75 Å². The van der Waals surface area contributed by atoms with E-state index >= 15 is 0 Å². The van der Waals surface area contributed by atoms with Crippen LogP contribution in [0.3, 0.4) is 0 Å². The Morgan fingerprint density at radius 3 is 2.58 bits per heavy atom. The second-order valence-corrected chi connectivity index (χ2v) is 4.65. The smallest absolute Gasteiger partial charge is 0.124 e. The normalized spacial score (nSPS) is 10.1. The molecule has 0 saturated heterocycles. The van der Waals surface area contributed by atoms with Crippen molar-refractivity contribution < 1.29 is 9.90 Å². The molecule has 0 unspecified atom stereocenters. The van der Waals surface area contributed by atoms with Gasteiger partial charge in [-0.2, -0.15) is 0 Å². The number of phenols is 1. The Morgan fingerprint density at radius 1 is 1.16 bits per heavy atom. The Kier molecular flexibility index (Phi) is 7.40. The molecule has 0 aromatic heterocycles. The molecule has 19 heavy (non-hydrogen) atoms. The van der Waals surface area contributed by atoms with Crippen LogP contribution in [0.2, 0.25) is 0 Å². The van der Waals surface area contributed by atoms with Gasteiger partial charge in [-0.15, -0.1) is 0 Å². The van der Waals surface area contributed by atoms with E-state index in [9.17, 15) is 9.90 Å². The first-order valence-electron chi connectivity index (χ1n) is 6.90. The standard InChI is InChI=1S/C16H23NO2/c1-14(15-10-6-7-11-16(15)19)17-12-8-4-2-3-5-9-13-18/h6-7,10-11,13,17,19H,1-5,8-9,12H2. The van der Waals surface area contributed by atoms with Crippen molar-refractivity contribution in [3.63, 3.8) is 0 Å². The molecule has 1 aromatic rings. The summed E-state index contributed by atoms with van der Waals surface area (Å²) >= 11 is 0. The van der Waals surface area contributed by atoms with Crippen LogP contribution in [-0.2, 0) is 4.79 Å². The van der Waals surface area contributed by atoms with Crippen molar-refractivity contribution in [1.29, 1.82) is 0 Å². The third-order valence-corrected chi connectivity index (χ3v) is 3.07. The maximum absolute atomic E-state index is 10.1. The van der Waals surface area contributed by atoms with Crippen LogP contribution in [0.15, 0.2) is 30.8 Å². The van der Waals surface area contributed by atoms with Crippen LogP contribution >= 0.6 is 0 Å². The number of phenolic OH excluding ortho intramolecular Hbond substituents is 1. The molecule has 3 nitrogen and oxygen atoms in total. The van der Waals surface area contributed by atoms with Crippen LogP contribution in [-0.4, -0.2) is 17.9 Å². The zero-order valence-electron chi connectivity index (χ0n) is 11.4. The highest BCUT2D eigenvalue weighted by atomic mass is 16.3. The van der Waals surface area contributed by atoms with E-state index < -0.39 is 0 Å². The molecule has 2 N–H and O–H groups in total. The van der Waals surface area contributed by atoms with Gasteiger partial charge >= 0.3 is 0 Å². The largest absolute Gasteiger partial charge is 0.507 e. The topological polar surface area (TPSA) is 49.3 Å². The first-order valence-corrected chi connectivity index (χ1v) is 6.90. The third-order valence-electron chi connectivity index (χ3n) is 3.07. The van der Waals surface area contributed by atoms with Crippen molar-refractivity contribution in [1.82, 2.24) is 5.32 Å². The number of para-hydroxylation sites is 1. The van der Waals surface area contributed by atoms with E-state index in [2.05, 4.69) is 11.9 Å². The average Bonchev–Trinajstić information content (AvgIpc) is 2.42. The molecule has 0 saturated carbocycles. The molecule has 1 aromatic carbocycles. The molecular formula is C16H23NO2. The van der Waals surface area contributed by atoms with Crippen LogP contribution < -0.4 is 5.32 Å². The SMILES string of the molecule is C=C(NCCCCCCCC=O)c1ccccc1O. The molecule has 0 radical (unpaired) electrons. The maximum Gasteiger partial charge on any atom is 0.124 e. The quantitative estimate of drug-likeness (QED) is 0.500. The molecule has 0 bridgehead atoms. The number of carbonyl (C=O) groups excluding carboxylic acids is 1. The van der Waals surface area contributed by atoms with E-state index in [1.807, 2.05) is 12.1 Å². The van der Waals surface area contributed by atoms with E-state index in [1.54, 1.807) is 12.1 Å².